The normalized spacial score (nSPS) is 22.0. The molecule has 1 aromatic carbocycles. The van der Waals surface area contributed by atoms with Crippen LogP contribution in [0.5, 0.6) is 5.75 Å². The summed E-state index contributed by atoms with van der Waals surface area (Å²) in [5.74, 6) is 0.278. The van der Waals surface area contributed by atoms with Gasteiger partial charge in [-0.2, -0.15) is 0 Å². The highest BCUT2D eigenvalue weighted by Gasteiger charge is 2.42. The Kier molecular flexibility index (Phi) is 4.46. The summed E-state index contributed by atoms with van der Waals surface area (Å²) < 4.78 is 5.27. The molecular weight excluding hydrogens is 266 g/mol. The first-order valence-corrected chi connectivity index (χ1v) is 7.15. The number of allylic oxidation sites excluding steroid dienone is 1. The van der Waals surface area contributed by atoms with Crippen molar-refractivity contribution < 1.29 is 14.3 Å². The van der Waals surface area contributed by atoms with E-state index < -0.39 is 11.5 Å². The van der Waals surface area contributed by atoms with Crippen molar-refractivity contribution in [2.24, 2.45) is 5.41 Å². The zero-order valence-electron chi connectivity index (χ0n) is 12.6. The minimum atomic E-state index is -0.598. The third-order valence-electron chi connectivity index (χ3n) is 3.73. The van der Waals surface area contributed by atoms with E-state index in [2.05, 4.69) is 6.58 Å². The van der Waals surface area contributed by atoms with E-state index in [1.165, 1.54) is 4.90 Å². The topological polar surface area (TPSA) is 46.6 Å². The van der Waals surface area contributed by atoms with Crippen LogP contribution in [0.1, 0.15) is 33.1 Å². The Hall–Kier alpha value is -2.10. The molecule has 0 aliphatic carbocycles. The molecule has 0 bridgehead atoms. The summed E-state index contributed by atoms with van der Waals surface area (Å²) in [7, 11) is 0. The molecular formula is C17H21NO3. The second-order valence-electron chi connectivity index (χ2n) is 5.94. The Morgan fingerprint density at radius 3 is 2.67 bits per heavy atom. The van der Waals surface area contributed by atoms with Crippen LogP contribution in [0.2, 0.25) is 0 Å². The SMILES string of the molecule is C=C(C)C[C@]1(C)CCCN(C(=O)Oc2ccccc2)C1=O. The Balaban J connectivity index is 2.10. The van der Waals surface area contributed by atoms with Crippen LogP contribution in [-0.4, -0.2) is 23.4 Å². The second-order valence-corrected chi connectivity index (χ2v) is 5.94. The maximum atomic E-state index is 12.6. The Morgan fingerprint density at radius 1 is 1.38 bits per heavy atom. The monoisotopic (exact) mass is 287 g/mol. The predicted octanol–water partition coefficient (Wildman–Crippen LogP) is 3.78. The third-order valence-corrected chi connectivity index (χ3v) is 3.73. The molecule has 4 heteroatoms. The first-order valence-electron chi connectivity index (χ1n) is 7.15. The van der Waals surface area contributed by atoms with Gasteiger partial charge in [-0.25, -0.2) is 9.69 Å². The summed E-state index contributed by atoms with van der Waals surface area (Å²) in [5.41, 5.74) is 0.393. The number of benzene rings is 1. The van der Waals surface area contributed by atoms with Crippen LogP contribution in [0.25, 0.3) is 0 Å². The molecule has 0 unspecified atom stereocenters. The average Bonchev–Trinajstić information content (AvgIpc) is 2.42. The van der Waals surface area contributed by atoms with E-state index in [0.717, 1.165) is 18.4 Å². The average molecular weight is 287 g/mol. The molecule has 112 valence electrons. The highest BCUT2D eigenvalue weighted by molar-refractivity contribution is 5.96. The number of nitrogens with zero attached hydrogens (tertiary/aromatic N) is 1. The number of carbonyl (C=O) groups excluding carboxylic acids is 2. The molecule has 1 aliphatic rings. The molecule has 0 radical (unpaired) electrons. The van der Waals surface area contributed by atoms with E-state index in [4.69, 9.17) is 4.74 Å². The number of likely N-dealkylation sites (tertiary alicyclic amines) is 1. The van der Waals surface area contributed by atoms with E-state index in [1.54, 1.807) is 24.3 Å². The van der Waals surface area contributed by atoms with Gasteiger partial charge >= 0.3 is 6.09 Å². The number of carbonyl (C=O) groups is 2. The third kappa shape index (κ3) is 3.51. The predicted molar refractivity (Wildman–Crippen MR) is 81.0 cm³/mol. The number of hydrogen-bond acceptors (Lipinski definition) is 3. The lowest BCUT2D eigenvalue weighted by molar-refractivity contribution is -0.142. The van der Waals surface area contributed by atoms with Gasteiger partial charge in [0.1, 0.15) is 5.75 Å². The van der Waals surface area contributed by atoms with Crippen LogP contribution in [0.15, 0.2) is 42.5 Å². The van der Waals surface area contributed by atoms with Crippen molar-refractivity contribution in [3.05, 3.63) is 42.5 Å². The van der Waals surface area contributed by atoms with Crippen molar-refractivity contribution in [1.82, 2.24) is 4.90 Å². The molecule has 1 atom stereocenters. The number of piperidine rings is 1. The number of ether oxygens (including phenoxy) is 1. The van der Waals surface area contributed by atoms with Gasteiger partial charge in [-0.15, -0.1) is 6.58 Å². The van der Waals surface area contributed by atoms with Gasteiger partial charge in [-0.3, -0.25) is 4.79 Å². The van der Waals surface area contributed by atoms with Crippen molar-refractivity contribution in [1.29, 1.82) is 0 Å². The first-order chi connectivity index (χ1) is 9.92. The Morgan fingerprint density at radius 2 is 2.05 bits per heavy atom. The van der Waals surface area contributed by atoms with Gasteiger partial charge < -0.3 is 4.74 Å². The van der Waals surface area contributed by atoms with Crippen LogP contribution in [0, 0.1) is 5.41 Å². The van der Waals surface area contributed by atoms with Crippen molar-refractivity contribution in [3.63, 3.8) is 0 Å². The molecule has 1 heterocycles. The van der Waals surface area contributed by atoms with Gasteiger partial charge in [0.15, 0.2) is 0 Å². The quantitative estimate of drug-likeness (QED) is 0.795. The highest BCUT2D eigenvalue weighted by Crippen LogP contribution is 2.36. The summed E-state index contributed by atoms with van der Waals surface area (Å²) in [5, 5.41) is 0. The standard InChI is InChI=1S/C17H21NO3/c1-13(2)12-17(3)10-7-11-18(15(17)19)16(20)21-14-8-5-4-6-9-14/h4-6,8-9H,1,7,10-12H2,2-3H3/t17-/m0/s1. The molecule has 1 saturated heterocycles. The van der Waals surface area contributed by atoms with Gasteiger partial charge in [0.25, 0.3) is 0 Å². The molecule has 0 saturated carbocycles. The molecule has 2 amide bonds. The second kappa shape index (κ2) is 6.12. The Bertz CT molecular complexity index is 552. The minimum Gasteiger partial charge on any atom is -0.410 e. The van der Waals surface area contributed by atoms with Gasteiger partial charge in [-0.05, 0) is 38.3 Å². The fraction of sp³-hybridized carbons (Fsp3) is 0.412. The molecule has 4 nitrogen and oxygen atoms in total. The van der Waals surface area contributed by atoms with Gasteiger partial charge in [0.2, 0.25) is 5.91 Å². The first kappa shape index (κ1) is 15.3. The zero-order valence-corrected chi connectivity index (χ0v) is 12.6. The van der Waals surface area contributed by atoms with E-state index in [0.29, 0.717) is 18.7 Å². The fourth-order valence-electron chi connectivity index (χ4n) is 2.81. The van der Waals surface area contributed by atoms with Crippen LogP contribution in [-0.2, 0) is 4.79 Å². The summed E-state index contributed by atoms with van der Waals surface area (Å²) >= 11 is 0. The Labute approximate surface area is 125 Å². The number of rotatable bonds is 3. The largest absolute Gasteiger partial charge is 0.421 e. The van der Waals surface area contributed by atoms with Crippen LogP contribution >= 0.6 is 0 Å². The molecule has 0 aromatic heterocycles. The maximum absolute atomic E-state index is 12.6. The number of amides is 2. The van der Waals surface area contributed by atoms with Crippen LogP contribution in [0.4, 0.5) is 4.79 Å². The van der Waals surface area contributed by atoms with E-state index in [1.807, 2.05) is 19.9 Å². The van der Waals surface area contributed by atoms with Crippen molar-refractivity contribution >= 4 is 12.0 Å². The minimum absolute atomic E-state index is 0.169. The number of para-hydroxylation sites is 1. The lowest BCUT2D eigenvalue weighted by Gasteiger charge is -2.37. The van der Waals surface area contributed by atoms with Crippen molar-refractivity contribution in [2.75, 3.05) is 6.54 Å². The summed E-state index contributed by atoms with van der Waals surface area (Å²) in [6, 6.07) is 8.80. The highest BCUT2D eigenvalue weighted by atomic mass is 16.6. The van der Waals surface area contributed by atoms with E-state index in [-0.39, 0.29) is 5.91 Å². The molecule has 1 aromatic rings. The van der Waals surface area contributed by atoms with Crippen LogP contribution in [0.3, 0.4) is 0 Å². The van der Waals surface area contributed by atoms with E-state index in [9.17, 15) is 9.59 Å². The zero-order chi connectivity index (χ0) is 15.5. The molecule has 0 N–H and O–H groups in total. The van der Waals surface area contributed by atoms with E-state index >= 15 is 0 Å². The van der Waals surface area contributed by atoms with Gasteiger partial charge in [0, 0.05) is 6.54 Å². The van der Waals surface area contributed by atoms with Crippen LogP contribution < -0.4 is 4.74 Å². The fourth-order valence-corrected chi connectivity index (χ4v) is 2.81. The summed E-state index contributed by atoms with van der Waals surface area (Å²) in [6.07, 6.45) is 1.56. The van der Waals surface area contributed by atoms with Crippen molar-refractivity contribution in [2.45, 2.75) is 33.1 Å². The molecule has 2 rings (SSSR count). The number of imide groups is 1. The van der Waals surface area contributed by atoms with Gasteiger partial charge in [0.05, 0.1) is 5.41 Å². The molecule has 1 aliphatic heterocycles. The maximum Gasteiger partial charge on any atom is 0.421 e. The summed E-state index contributed by atoms with van der Waals surface area (Å²) in [4.78, 5) is 26.0. The lowest BCUT2D eigenvalue weighted by Crippen LogP contribution is -2.51. The summed E-state index contributed by atoms with van der Waals surface area (Å²) in [6.45, 7) is 8.09. The van der Waals surface area contributed by atoms with Crippen molar-refractivity contribution in [3.8, 4) is 5.75 Å². The smallest absolute Gasteiger partial charge is 0.410 e. The molecule has 21 heavy (non-hydrogen) atoms. The number of hydrogen-bond donors (Lipinski definition) is 0. The molecule has 1 fully saturated rings. The molecule has 0 spiro atoms. The lowest BCUT2D eigenvalue weighted by atomic mass is 9.76. The van der Waals surface area contributed by atoms with Gasteiger partial charge in [-0.1, -0.05) is 30.7 Å².